The van der Waals surface area contributed by atoms with Crippen molar-refractivity contribution in [2.24, 2.45) is 0 Å². The molecule has 3 aromatic rings. The summed E-state index contributed by atoms with van der Waals surface area (Å²) in [5.41, 5.74) is 2.92. The Morgan fingerprint density at radius 2 is 1.92 bits per heavy atom. The molecule has 2 aromatic carbocycles. The fraction of sp³-hybridized carbons (Fsp3) is 0.241. The van der Waals surface area contributed by atoms with Crippen molar-refractivity contribution in [1.82, 2.24) is 4.98 Å². The Morgan fingerprint density at radius 1 is 1.14 bits per heavy atom. The van der Waals surface area contributed by atoms with E-state index in [0.29, 0.717) is 35.5 Å². The van der Waals surface area contributed by atoms with Crippen LogP contribution in [0.4, 0.5) is 5.69 Å². The molecule has 1 aromatic heterocycles. The minimum atomic E-state index is -0.930. The first kappa shape index (κ1) is 24.2. The maximum absolute atomic E-state index is 13.3. The SMILES string of the molecule is CCOC(=O)Cc1ccc(N2C(=O)C(=O)/C(=C(\O)c3ccc4c(c3)CC(C)O4)C2c2ccccn2)cc1. The molecular weight excluding hydrogens is 472 g/mol. The van der Waals surface area contributed by atoms with Crippen molar-refractivity contribution in [3.8, 4) is 5.75 Å². The zero-order valence-corrected chi connectivity index (χ0v) is 20.5. The topological polar surface area (TPSA) is 106 Å². The zero-order valence-electron chi connectivity index (χ0n) is 20.5. The summed E-state index contributed by atoms with van der Waals surface area (Å²) in [6.45, 7) is 4.00. The number of hydrogen-bond acceptors (Lipinski definition) is 7. The molecule has 8 nitrogen and oxygen atoms in total. The molecule has 0 aliphatic carbocycles. The number of hydrogen-bond donors (Lipinski definition) is 1. The number of anilines is 1. The highest BCUT2D eigenvalue weighted by atomic mass is 16.5. The van der Waals surface area contributed by atoms with Gasteiger partial charge in [-0.15, -0.1) is 0 Å². The van der Waals surface area contributed by atoms with Crippen LogP contribution in [0.1, 0.15) is 42.3 Å². The highest BCUT2D eigenvalue weighted by Gasteiger charge is 2.47. The average molecular weight is 499 g/mol. The van der Waals surface area contributed by atoms with Crippen LogP contribution in [0.25, 0.3) is 5.76 Å². The summed E-state index contributed by atoms with van der Waals surface area (Å²) in [7, 11) is 0. The van der Waals surface area contributed by atoms with Crippen LogP contribution >= 0.6 is 0 Å². The number of carbonyl (C=O) groups excluding carboxylic acids is 3. The van der Waals surface area contributed by atoms with Gasteiger partial charge in [0.15, 0.2) is 0 Å². The van der Waals surface area contributed by atoms with Gasteiger partial charge in [0.2, 0.25) is 0 Å². The lowest BCUT2D eigenvalue weighted by molar-refractivity contribution is -0.142. The van der Waals surface area contributed by atoms with Crippen molar-refractivity contribution < 1.29 is 29.0 Å². The maximum Gasteiger partial charge on any atom is 0.310 e. The first-order chi connectivity index (χ1) is 17.9. The van der Waals surface area contributed by atoms with Gasteiger partial charge in [-0.1, -0.05) is 18.2 Å². The van der Waals surface area contributed by atoms with Gasteiger partial charge in [-0.05, 0) is 67.4 Å². The molecule has 0 bridgehead atoms. The largest absolute Gasteiger partial charge is 0.507 e. The highest BCUT2D eigenvalue weighted by Crippen LogP contribution is 2.42. The van der Waals surface area contributed by atoms with E-state index in [4.69, 9.17) is 9.47 Å². The van der Waals surface area contributed by atoms with Gasteiger partial charge in [-0.2, -0.15) is 0 Å². The monoisotopic (exact) mass is 498 g/mol. The van der Waals surface area contributed by atoms with E-state index in [1.165, 1.54) is 4.90 Å². The molecule has 37 heavy (non-hydrogen) atoms. The summed E-state index contributed by atoms with van der Waals surface area (Å²) in [6.07, 6.45) is 2.38. The number of aromatic nitrogens is 1. The quantitative estimate of drug-likeness (QED) is 0.236. The molecule has 5 rings (SSSR count). The lowest BCUT2D eigenvalue weighted by atomic mass is 9.96. The van der Waals surface area contributed by atoms with Gasteiger partial charge in [-0.3, -0.25) is 24.3 Å². The lowest BCUT2D eigenvalue weighted by Gasteiger charge is -2.24. The molecule has 1 N–H and O–H groups in total. The number of nitrogens with zero attached hydrogens (tertiary/aromatic N) is 2. The second kappa shape index (κ2) is 9.89. The predicted octanol–water partition coefficient (Wildman–Crippen LogP) is 4.14. The van der Waals surface area contributed by atoms with Crippen LogP contribution in [-0.2, 0) is 32.0 Å². The van der Waals surface area contributed by atoms with Gasteiger partial charge >= 0.3 is 5.97 Å². The number of fused-ring (bicyclic) bond motifs is 1. The van der Waals surface area contributed by atoms with Gasteiger partial charge in [0.05, 0.1) is 24.3 Å². The van der Waals surface area contributed by atoms with Crippen molar-refractivity contribution in [2.45, 2.75) is 38.8 Å². The van der Waals surface area contributed by atoms with E-state index < -0.39 is 17.7 Å². The smallest absolute Gasteiger partial charge is 0.310 e. The minimum Gasteiger partial charge on any atom is -0.507 e. The van der Waals surface area contributed by atoms with Crippen LogP contribution in [0.15, 0.2) is 72.4 Å². The summed E-state index contributed by atoms with van der Waals surface area (Å²) in [5, 5.41) is 11.4. The normalized spacial score (nSPS) is 20.0. The molecule has 188 valence electrons. The zero-order chi connectivity index (χ0) is 26.1. The molecule has 8 heteroatoms. The Bertz CT molecular complexity index is 1400. The summed E-state index contributed by atoms with van der Waals surface area (Å²) >= 11 is 0. The van der Waals surface area contributed by atoms with E-state index in [2.05, 4.69) is 4.98 Å². The van der Waals surface area contributed by atoms with Gasteiger partial charge in [-0.25, -0.2) is 0 Å². The molecule has 0 saturated carbocycles. The van der Waals surface area contributed by atoms with E-state index in [-0.39, 0.29) is 29.8 Å². The molecule has 2 aliphatic rings. The van der Waals surface area contributed by atoms with E-state index in [0.717, 1.165) is 11.3 Å². The summed E-state index contributed by atoms with van der Waals surface area (Å²) in [6, 6.07) is 16.3. The number of ether oxygens (including phenoxy) is 2. The average Bonchev–Trinajstić information content (AvgIpc) is 3.40. The molecule has 3 heterocycles. The molecule has 1 saturated heterocycles. The van der Waals surface area contributed by atoms with Gasteiger partial charge in [0, 0.05) is 23.9 Å². The maximum atomic E-state index is 13.3. The van der Waals surface area contributed by atoms with Crippen LogP contribution < -0.4 is 9.64 Å². The van der Waals surface area contributed by atoms with E-state index in [1.54, 1.807) is 73.8 Å². The van der Waals surface area contributed by atoms with E-state index in [1.807, 2.05) is 6.92 Å². The standard InChI is InChI=1S/C29H26N2O6/c1-3-36-24(32)15-18-7-10-21(11-8-18)31-26(22-6-4-5-13-30-22)25(28(34)29(31)35)27(33)19-9-12-23-20(16-19)14-17(2)37-23/h4-13,16-17,26,33H,3,14-15H2,1-2H3/b27-25-. The number of ketones is 1. The molecule has 2 unspecified atom stereocenters. The van der Waals surface area contributed by atoms with Crippen molar-refractivity contribution in [3.05, 3.63) is 94.8 Å². The van der Waals surface area contributed by atoms with Crippen molar-refractivity contribution in [3.63, 3.8) is 0 Å². The number of benzene rings is 2. The predicted molar refractivity (Wildman–Crippen MR) is 136 cm³/mol. The molecule has 2 atom stereocenters. The molecule has 1 fully saturated rings. The Hall–Kier alpha value is -4.46. The third kappa shape index (κ3) is 4.58. The number of aliphatic hydroxyl groups is 1. The second-order valence-corrected chi connectivity index (χ2v) is 9.03. The van der Waals surface area contributed by atoms with Crippen LogP contribution in [0.3, 0.4) is 0 Å². The number of aliphatic hydroxyl groups excluding tert-OH is 1. The number of esters is 1. The number of rotatable bonds is 6. The number of Topliss-reactive ketones (excluding diaryl/α,β-unsaturated/α-hetero) is 1. The van der Waals surface area contributed by atoms with Gasteiger partial charge in [0.1, 0.15) is 23.7 Å². The van der Waals surface area contributed by atoms with Crippen molar-refractivity contribution >= 4 is 29.1 Å². The fourth-order valence-corrected chi connectivity index (χ4v) is 4.79. The first-order valence-corrected chi connectivity index (χ1v) is 12.1. The Labute approximate surface area is 214 Å². The molecule has 0 radical (unpaired) electrons. The third-order valence-electron chi connectivity index (χ3n) is 6.45. The van der Waals surface area contributed by atoms with Crippen LogP contribution in [0, 0.1) is 0 Å². The lowest BCUT2D eigenvalue weighted by Crippen LogP contribution is -2.29. The molecule has 1 amide bonds. The van der Waals surface area contributed by atoms with Gasteiger partial charge in [0.25, 0.3) is 11.7 Å². The first-order valence-electron chi connectivity index (χ1n) is 12.1. The minimum absolute atomic E-state index is 0.0262. The van der Waals surface area contributed by atoms with Crippen LogP contribution in [0.2, 0.25) is 0 Å². The molecule has 2 aliphatic heterocycles. The Kier molecular flexibility index (Phi) is 6.48. The Morgan fingerprint density at radius 3 is 2.62 bits per heavy atom. The third-order valence-corrected chi connectivity index (χ3v) is 6.45. The number of amides is 1. The van der Waals surface area contributed by atoms with E-state index >= 15 is 0 Å². The van der Waals surface area contributed by atoms with E-state index in [9.17, 15) is 19.5 Å². The highest BCUT2D eigenvalue weighted by molar-refractivity contribution is 6.51. The second-order valence-electron chi connectivity index (χ2n) is 9.03. The van der Waals surface area contributed by atoms with Crippen LogP contribution in [-0.4, -0.2) is 40.5 Å². The van der Waals surface area contributed by atoms with Gasteiger partial charge < -0.3 is 14.6 Å². The number of pyridine rings is 1. The number of carbonyl (C=O) groups is 3. The molecular formula is C29H26N2O6. The fourth-order valence-electron chi connectivity index (χ4n) is 4.79. The van der Waals surface area contributed by atoms with Crippen molar-refractivity contribution in [1.29, 1.82) is 0 Å². The summed E-state index contributed by atoms with van der Waals surface area (Å²) in [5.74, 6) is -1.44. The summed E-state index contributed by atoms with van der Waals surface area (Å²) in [4.78, 5) is 44.2. The summed E-state index contributed by atoms with van der Waals surface area (Å²) < 4.78 is 10.8. The Balaban J connectivity index is 1.57. The van der Waals surface area contributed by atoms with Crippen LogP contribution in [0.5, 0.6) is 5.75 Å². The van der Waals surface area contributed by atoms with Crippen molar-refractivity contribution in [2.75, 3.05) is 11.5 Å². The molecule has 0 spiro atoms.